The van der Waals surface area contributed by atoms with Crippen LogP contribution in [0.2, 0.25) is 0 Å². The van der Waals surface area contributed by atoms with E-state index in [1.165, 1.54) is 0 Å². The monoisotopic (exact) mass is 288 g/mol. The Morgan fingerprint density at radius 2 is 2.50 bits per heavy atom. The number of fused-ring (bicyclic) bond motifs is 1. The molecule has 6 heteroatoms. The van der Waals surface area contributed by atoms with Crippen LogP contribution in [0.1, 0.15) is 24.2 Å². The number of carbonyl (C=O) groups excluding carboxylic acids is 1. The highest BCUT2D eigenvalue weighted by Crippen LogP contribution is 2.31. The lowest BCUT2D eigenvalue weighted by Crippen LogP contribution is -2.24. The van der Waals surface area contributed by atoms with Crippen LogP contribution in [0, 0.1) is 5.92 Å². The van der Waals surface area contributed by atoms with Gasteiger partial charge in [0.1, 0.15) is 4.60 Å². The number of rotatable bonds is 2. The zero-order valence-corrected chi connectivity index (χ0v) is 10.8. The van der Waals surface area contributed by atoms with Crippen molar-refractivity contribution >= 4 is 21.9 Å². The number of hydrogen-bond donors (Lipinski definition) is 0. The Balaban J connectivity index is 2.35. The van der Waals surface area contributed by atoms with Crippen LogP contribution in [0.3, 0.4) is 0 Å². The lowest BCUT2D eigenvalue weighted by molar-refractivity contribution is 0.0516. The van der Waals surface area contributed by atoms with Gasteiger partial charge < -0.3 is 9.47 Å². The summed E-state index contributed by atoms with van der Waals surface area (Å²) < 4.78 is 12.7. The molecule has 2 rings (SSSR count). The lowest BCUT2D eigenvalue weighted by atomic mass is 10.2. The maximum atomic E-state index is 11.7. The van der Waals surface area contributed by atoms with E-state index in [1.807, 2.05) is 0 Å². The summed E-state index contributed by atoms with van der Waals surface area (Å²) in [5.41, 5.74) is 0.383. The van der Waals surface area contributed by atoms with E-state index in [4.69, 9.17) is 9.47 Å². The van der Waals surface area contributed by atoms with Gasteiger partial charge in [-0.25, -0.2) is 9.48 Å². The Morgan fingerprint density at radius 1 is 1.75 bits per heavy atom. The quantitative estimate of drug-likeness (QED) is 0.780. The molecular weight excluding hydrogens is 276 g/mol. The maximum absolute atomic E-state index is 11.7. The van der Waals surface area contributed by atoms with Crippen LogP contribution in [-0.4, -0.2) is 29.0 Å². The molecule has 1 aliphatic rings. The summed E-state index contributed by atoms with van der Waals surface area (Å²) in [4.78, 5) is 11.7. The standard InChI is InChI=1S/C10H13BrN2O3/c1-3-15-10(14)7-8(11)12-13-4-6(2)5-16-9(7)13/h6H,3-5H2,1-2H3/t6-/m1/s1. The summed E-state index contributed by atoms with van der Waals surface area (Å²) in [7, 11) is 0. The minimum atomic E-state index is -0.398. The van der Waals surface area contributed by atoms with Crippen LogP contribution >= 0.6 is 15.9 Å². The van der Waals surface area contributed by atoms with Gasteiger partial charge in [-0.05, 0) is 22.9 Å². The van der Waals surface area contributed by atoms with Crippen molar-refractivity contribution in [1.29, 1.82) is 0 Å². The summed E-state index contributed by atoms with van der Waals surface area (Å²) in [6.07, 6.45) is 0. The van der Waals surface area contributed by atoms with Gasteiger partial charge in [0, 0.05) is 5.92 Å². The summed E-state index contributed by atoms with van der Waals surface area (Å²) >= 11 is 3.26. The molecule has 0 unspecified atom stereocenters. The molecular formula is C10H13BrN2O3. The van der Waals surface area contributed by atoms with E-state index in [0.717, 1.165) is 6.54 Å². The van der Waals surface area contributed by atoms with E-state index >= 15 is 0 Å². The SMILES string of the molecule is CCOC(=O)c1c(Br)nn2c1OC[C@H](C)C2. The average molecular weight is 289 g/mol. The number of aromatic nitrogens is 2. The van der Waals surface area contributed by atoms with Crippen molar-refractivity contribution in [1.82, 2.24) is 9.78 Å². The zero-order valence-electron chi connectivity index (χ0n) is 9.20. The Morgan fingerprint density at radius 3 is 3.19 bits per heavy atom. The molecule has 16 heavy (non-hydrogen) atoms. The molecule has 1 aromatic heterocycles. The lowest BCUT2D eigenvalue weighted by Gasteiger charge is -2.21. The van der Waals surface area contributed by atoms with Crippen LogP contribution < -0.4 is 4.74 Å². The highest BCUT2D eigenvalue weighted by atomic mass is 79.9. The first-order valence-corrected chi connectivity index (χ1v) is 5.99. The Hall–Kier alpha value is -1.04. The molecule has 1 aliphatic heterocycles. The minimum Gasteiger partial charge on any atom is -0.477 e. The van der Waals surface area contributed by atoms with Gasteiger partial charge in [0.25, 0.3) is 0 Å². The fraction of sp³-hybridized carbons (Fsp3) is 0.600. The number of halogens is 1. The second-order valence-electron chi connectivity index (χ2n) is 3.79. The third-order valence-electron chi connectivity index (χ3n) is 2.33. The maximum Gasteiger partial charge on any atom is 0.346 e. The van der Waals surface area contributed by atoms with Gasteiger partial charge >= 0.3 is 5.97 Å². The molecule has 0 aromatic carbocycles. The van der Waals surface area contributed by atoms with E-state index in [2.05, 4.69) is 28.0 Å². The van der Waals surface area contributed by atoms with Crippen LogP contribution in [0.4, 0.5) is 0 Å². The normalized spacial score (nSPS) is 18.8. The summed E-state index contributed by atoms with van der Waals surface area (Å²) in [5, 5.41) is 4.21. The molecule has 0 N–H and O–H groups in total. The predicted octanol–water partition coefficient (Wildman–Crippen LogP) is 1.85. The molecule has 0 amide bonds. The summed E-state index contributed by atoms with van der Waals surface area (Å²) in [5.74, 6) is 0.503. The Labute approximate surface area is 102 Å². The topological polar surface area (TPSA) is 53.3 Å². The molecule has 1 atom stereocenters. The minimum absolute atomic E-state index is 0.340. The van der Waals surface area contributed by atoms with E-state index in [9.17, 15) is 4.79 Å². The molecule has 0 saturated carbocycles. The van der Waals surface area contributed by atoms with Gasteiger partial charge in [0.15, 0.2) is 5.56 Å². The molecule has 0 aliphatic carbocycles. The van der Waals surface area contributed by atoms with Gasteiger partial charge in [0.2, 0.25) is 5.88 Å². The average Bonchev–Trinajstić information content (AvgIpc) is 2.53. The predicted molar refractivity (Wildman–Crippen MR) is 60.5 cm³/mol. The molecule has 1 aromatic rings. The largest absolute Gasteiger partial charge is 0.477 e. The molecule has 0 radical (unpaired) electrons. The van der Waals surface area contributed by atoms with Crippen molar-refractivity contribution in [2.45, 2.75) is 20.4 Å². The van der Waals surface area contributed by atoms with Crippen LogP contribution in [0.25, 0.3) is 0 Å². The second-order valence-corrected chi connectivity index (χ2v) is 4.54. The van der Waals surface area contributed by atoms with E-state index in [-0.39, 0.29) is 0 Å². The van der Waals surface area contributed by atoms with Gasteiger partial charge in [-0.3, -0.25) is 0 Å². The Bertz CT molecular complexity index is 416. The Kier molecular flexibility index (Phi) is 3.18. The van der Waals surface area contributed by atoms with Crippen molar-refractivity contribution in [3.63, 3.8) is 0 Å². The molecule has 0 bridgehead atoms. The fourth-order valence-corrected chi connectivity index (χ4v) is 2.16. The fourth-order valence-electron chi connectivity index (χ4n) is 1.63. The van der Waals surface area contributed by atoms with E-state index in [1.54, 1.807) is 11.6 Å². The highest BCUT2D eigenvalue weighted by Gasteiger charge is 2.28. The molecule has 5 nitrogen and oxygen atoms in total. The number of nitrogens with zero attached hydrogens (tertiary/aromatic N) is 2. The molecule has 0 spiro atoms. The van der Waals surface area contributed by atoms with Gasteiger partial charge in [-0.1, -0.05) is 6.92 Å². The molecule has 2 heterocycles. The first-order chi connectivity index (χ1) is 7.63. The molecule has 0 fully saturated rings. The highest BCUT2D eigenvalue weighted by molar-refractivity contribution is 9.10. The number of carbonyl (C=O) groups is 1. The van der Waals surface area contributed by atoms with Crippen LogP contribution in [0.5, 0.6) is 5.88 Å². The molecule has 0 saturated heterocycles. The van der Waals surface area contributed by atoms with Crippen molar-refractivity contribution < 1.29 is 14.3 Å². The third-order valence-corrected chi connectivity index (χ3v) is 2.89. The number of ether oxygens (including phenoxy) is 2. The van der Waals surface area contributed by atoms with Crippen molar-refractivity contribution in [2.75, 3.05) is 13.2 Å². The summed E-state index contributed by atoms with van der Waals surface area (Å²) in [6, 6.07) is 0. The van der Waals surface area contributed by atoms with Crippen molar-refractivity contribution in [3.05, 3.63) is 10.2 Å². The van der Waals surface area contributed by atoms with E-state index in [0.29, 0.717) is 35.2 Å². The van der Waals surface area contributed by atoms with Gasteiger partial charge in [-0.15, -0.1) is 0 Å². The second kappa shape index (κ2) is 4.45. The zero-order chi connectivity index (χ0) is 11.7. The van der Waals surface area contributed by atoms with Crippen LogP contribution in [0.15, 0.2) is 4.60 Å². The van der Waals surface area contributed by atoms with Gasteiger partial charge in [-0.2, -0.15) is 5.10 Å². The van der Waals surface area contributed by atoms with Crippen molar-refractivity contribution in [3.8, 4) is 5.88 Å². The van der Waals surface area contributed by atoms with Crippen molar-refractivity contribution in [2.24, 2.45) is 5.92 Å². The smallest absolute Gasteiger partial charge is 0.346 e. The molecule has 88 valence electrons. The first kappa shape index (κ1) is 11.4. The first-order valence-electron chi connectivity index (χ1n) is 5.19. The van der Waals surface area contributed by atoms with E-state index < -0.39 is 5.97 Å². The summed E-state index contributed by atoms with van der Waals surface area (Å²) in [6.45, 7) is 5.54. The number of esters is 1. The van der Waals surface area contributed by atoms with Gasteiger partial charge in [0.05, 0.1) is 19.8 Å². The number of hydrogen-bond acceptors (Lipinski definition) is 4. The third kappa shape index (κ3) is 1.93. The van der Waals surface area contributed by atoms with Crippen LogP contribution in [-0.2, 0) is 11.3 Å².